The second-order valence-electron chi connectivity index (χ2n) is 6.32. The second kappa shape index (κ2) is 8.14. The van der Waals surface area contributed by atoms with E-state index in [0.29, 0.717) is 53.2 Å². The van der Waals surface area contributed by atoms with Gasteiger partial charge in [-0.05, 0) is 30.3 Å². The normalized spacial score (nSPS) is 12.3. The van der Waals surface area contributed by atoms with E-state index in [1.165, 1.54) is 14.2 Å². The molecule has 8 heteroatoms. The number of rotatable bonds is 6. The van der Waals surface area contributed by atoms with E-state index in [4.69, 9.17) is 23.5 Å². The lowest BCUT2D eigenvalue weighted by Crippen LogP contribution is -2.23. The molecule has 0 radical (unpaired) electrons. The standard InChI is InChI=1S/C21H20N2O6/c1-25-16-7-14(8-17(11-16)26-2)21(24)22-12-15-10-19(29-23-15)13-3-4-18-20(9-13)28-6-5-27-18/h3-4,7-11H,5-6,12H2,1-2H3,(H,22,24). The number of nitrogens with zero attached hydrogens (tertiary/aromatic N) is 1. The first kappa shape index (κ1) is 18.7. The molecule has 1 aliphatic rings. The third-order valence-corrected chi connectivity index (χ3v) is 4.43. The summed E-state index contributed by atoms with van der Waals surface area (Å²) in [4.78, 5) is 12.5. The SMILES string of the molecule is COc1cc(OC)cc(C(=O)NCc2cc(-c3ccc4c(c3)OCCO4)on2)c1. The van der Waals surface area contributed by atoms with Crippen LogP contribution in [0.2, 0.25) is 0 Å². The molecule has 0 saturated carbocycles. The van der Waals surface area contributed by atoms with Gasteiger partial charge in [0.05, 0.1) is 20.8 Å². The topological polar surface area (TPSA) is 92.1 Å². The zero-order valence-corrected chi connectivity index (χ0v) is 16.1. The molecule has 0 unspecified atom stereocenters. The molecule has 1 amide bonds. The Kier molecular flexibility index (Phi) is 5.24. The van der Waals surface area contributed by atoms with Gasteiger partial charge in [-0.1, -0.05) is 5.16 Å². The maximum Gasteiger partial charge on any atom is 0.251 e. The number of methoxy groups -OCH3 is 2. The van der Waals surface area contributed by atoms with Crippen molar-refractivity contribution >= 4 is 5.91 Å². The number of benzene rings is 2. The van der Waals surface area contributed by atoms with Crippen molar-refractivity contribution in [3.8, 4) is 34.3 Å². The number of fused-ring (bicyclic) bond motifs is 1. The molecule has 3 aromatic rings. The zero-order chi connectivity index (χ0) is 20.2. The molecule has 150 valence electrons. The first-order valence-electron chi connectivity index (χ1n) is 9.03. The third-order valence-electron chi connectivity index (χ3n) is 4.43. The van der Waals surface area contributed by atoms with Crippen LogP contribution in [0, 0.1) is 0 Å². The van der Waals surface area contributed by atoms with Crippen molar-refractivity contribution < 1.29 is 28.3 Å². The van der Waals surface area contributed by atoms with Crippen molar-refractivity contribution in [3.63, 3.8) is 0 Å². The molecule has 8 nitrogen and oxygen atoms in total. The molecule has 1 aliphatic heterocycles. The van der Waals surface area contributed by atoms with Gasteiger partial charge in [-0.3, -0.25) is 4.79 Å². The molecule has 0 bridgehead atoms. The van der Waals surface area contributed by atoms with Crippen LogP contribution in [0.4, 0.5) is 0 Å². The maximum atomic E-state index is 12.5. The van der Waals surface area contributed by atoms with Crippen molar-refractivity contribution in [2.24, 2.45) is 0 Å². The summed E-state index contributed by atoms with van der Waals surface area (Å²) in [6, 6.07) is 12.3. The summed E-state index contributed by atoms with van der Waals surface area (Å²) in [5.41, 5.74) is 1.84. The van der Waals surface area contributed by atoms with Crippen LogP contribution in [0.1, 0.15) is 16.1 Å². The smallest absolute Gasteiger partial charge is 0.251 e. The van der Waals surface area contributed by atoms with Gasteiger partial charge in [0, 0.05) is 23.3 Å². The van der Waals surface area contributed by atoms with Crippen LogP contribution in [0.15, 0.2) is 47.0 Å². The van der Waals surface area contributed by atoms with Crippen molar-refractivity contribution in [3.05, 3.63) is 53.7 Å². The number of carbonyl (C=O) groups excluding carboxylic acids is 1. The van der Waals surface area contributed by atoms with Gasteiger partial charge in [0.25, 0.3) is 5.91 Å². The molecule has 0 saturated heterocycles. The monoisotopic (exact) mass is 396 g/mol. The summed E-state index contributed by atoms with van der Waals surface area (Å²) in [5, 5.41) is 6.84. The van der Waals surface area contributed by atoms with Gasteiger partial charge < -0.3 is 28.8 Å². The Labute approximate surface area is 167 Å². The fraction of sp³-hybridized carbons (Fsp3) is 0.238. The van der Waals surface area contributed by atoms with Gasteiger partial charge in [0.15, 0.2) is 17.3 Å². The van der Waals surface area contributed by atoms with E-state index in [2.05, 4.69) is 10.5 Å². The lowest BCUT2D eigenvalue weighted by Gasteiger charge is -2.18. The molecule has 4 rings (SSSR count). The van der Waals surface area contributed by atoms with Crippen molar-refractivity contribution in [1.29, 1.82) is 0 Å². The average Bonchev–Trinajstić information content (AvgIpc) is 3.25. The van der Waals surface area contributed by atoms with Crippen molar-refractivity contribution in [2.75, 3.05) is 27.4 Å². The maximum absolute atomic E-state index is 12.5. The molecule has 2 heterocycles. The minimum absolute atomic E-state index is 0.215. The predicted molar refractivity (Wildman–Crippen MR) is 104 cm³/mol. The Balaban J connectivity index is 1.44. The highest BCUT2D eigenvalue weighted by atomic mass is 16.6. The van der Waals surface area contributed by atoms with E-state index in [0.717, 1.165) is 5.56 Å². The van der Waals surface area contributed by atoms with Gasteiger partial charge in [0.2, 0.25) is 0 Å². The van der Waals surface area contributed by atoms with Crippen LogP contribution >= 0.6 is 0 Å². The summed E-state index contributed by atoms with van der Waals surface area (Å²) >= 11 is 0. The van der Waals surface area contributed by atoms with Crippen LogP contribution in [-0.2, 0) is 6.54 Å². The Hall–Kier alpha value is -3.68. The lowest BCUT2D eigenvalue weighted by atomic mass is 10.1. The summed E-state index contributed by atoms with van der Waals surface area (Å²) in [5.74, 6) is 2.77. The minimum atomic E-state index is -0.272. The van der Waals surface area contributed by atoms with E-state index >= 15 is 0 Å². The highest BCUT2D eigenvalue weighted by Crippen LogP contribution is 2.34. The van der Waals surface area contributed by atoms with Crippen LogP contribution in [-0.4, -0.2) is 38.5 Å². The van der Waals surface area contributed by atoms with E-state index < -0.39 is 0 Å². The van der Waals surface area contributed by atoms with E-state index in [-0.39, 0.29) is 12.5 Å². The van der Waals surface area contributed by atoms with Crippen LogP contribution in [0.25, 0.3) is 11.3 Å². The van der Waals surface area contributed by atoms with E-state index in [1.807, 2.05) is 18.2 Å². The Morgan fingerprint density at radius 3 is 2.45 bits per heavy atom. The fourth-order valence-electron chi connectivity index (χ4n) is 2.94. The Bertz CT molecular complexity index is 1010. The summed E-state index contributed by atoms with van der Waals surface area (Å²) in [7, 11) is 3.07. The quantitative estimate of drug-likeness (QED) is 0.685. The van der Waals surface area contributed by atoms with Crippen molar-refractivity contribution in [1.82, 2.24) is 10.5 Å². The number of hydrogen-bond acceptors (Lipinski definition) is 7. The molecular weight excluding hydrogens is 376 g/mol. The first-order chi connectivity index (χ1) is 14.2. The summed E-state index contributed by atoms with van der Waals surface area (Å²) in [6.45, 7) is 1.27. The molecule has 0 aliphatic carbocycles. The van der Waals surface area contributed by atoms with Crippen LogP contribution in [0.5, 0.6) is 23.0 Å². The Morgan fingerprint density at radius 1 is 1.00 bits per heavy atom. The molecule has 0 spiro atoms. The number of aromatic nitrogens is 1. The van der Waals surface area contributed by atoms with Crippen LogP contribution in [0.3, 0.4) is 0 Å². The average molecular weight is 396 g/mol. The molecule has 0 fully saturated rings. The van der Waals surface area contributed by atoms with Gasteiger partial charge in [-0.15, -0.1) is 0 Å². The number of carbonyl (C=O) groups is 1. The zero-order valence-electron chi connectivity index (χ0n) is 16.1. The highest BCUT2D eigenvalue weighted by molar-refractivity contribution is 5.95. The predicted octanol–water partition coefficient (Wildman–Crippen LogP) is 3.06. The minimum Gasteiger partial charge on any atom is -0.497 e. The highest BCUT2D eigenvalue weighted by Gasteiger charge is 2.15. The molecular formula is C21H20N2O6. The third kappa shape index (κ3) is 4.11. The number of hydrogen-bond donors (Lipinski definition) is 1. The number of nitrogens with one attached hydrogen (secondary N) is 1. The fourth-order valence-corrected chi connectivity index (χ4v) is 2.94. The van der Waals surface area contributed by atoms with Gasteiger partial charge >= 0.3 is 0 Å². The number of amides is 1. The van der Waals surface area contributed by atoms with Gasteiger partial charge in [-0.2, -0.15) is 0 Å². The lowest BCUT2D eigenvalue weighted by molar-refractivity contribution is 0.0949. The van der Waals surface area contributed by atoms with E-state index in [1.54, 1.807) is 24.3 Å². The molecule has 2 aromatic carbocycles. The van der Waals surface area contributed by atoms with Crippen molar-refractivity contribution in [2.45, 2.75) is 6.54 Å². The number of ether oxygens (including phenoxy) is 4. The molecule has 1 aromatic heterocycles. The summed E-state index contributed by atoms with van der Waals surface area (Å²) in [6.07, 6.45) is 0. The van der Waals surface area contributed by atoms with Gasteiger partial charge in [0.1, 0.15) is 30.4 Å². The molecule has 1 N–H and O–H groups in total. The van der Waals surface area contributed by atoms with Gasteiger partial charge in [-0.25, -0.2) is 0 Å². The van der Waals surface area contributed by atoms with Crippen LogP contribution < -0.4 is 24.3 Å². The summed E-state index contributed by atoms with van der Waals surface area (Å²) < 4.78 is 26.9. The molecule has 0 atom stereocenters. The second-order valence-corrected chi connectivity index (χ2v) is 6.32. The van der Waals surface area contributed by atoms with E-state index in [9.17, 15) is 4.79 Å². The first-order valence-corrected chi connectivity index (χ1v) is 9.03. The Morgan fingerprint density at radius 2 is 1.72 bits per heavy atom. The largest absolute Gasteiger partial charge is 0.497 e. The molecule has 29 heavy (non-hydrogen) atoms.